The number of halogens is 1. The maximum absolute atomic E-state index is 12.8. The van der Waals surface area contributed by atoms with Crippen LogP contribution in [0, 0.1) is 5.82 Å². The molecule has 2 aromatic rings. The molecule has 2 rings (SSSR count). The molecule has 2 N–H and O–H groups in total. The molecule has 0 radical (unpaired) electrons. The van der Waals surface area contributed by atoms with Crippen LogP contribution in [0.3, 0.4) is 0 Å². The molecular formula is C18H22FNO2. The van der Waals surface area contributed by atoms with Crippen molar-refractivity contribution in [1.29, 1.82) is 0 Å². The molecule has 118 valence electrons. The summed E-state index contributed by atoms with van der Waals surface area (Å²) in [5.41, 5.74) is 7.08. The molecule has 22 heavy (non-hydrogen) atoms. The van der Waals surface area contributed by atoms with Gasteiger partial charge in [-0.05, 0) is 67.3 Å². The fourth-order valence-electron chi connectivity index (χ4n) is 2.35. The van der Waals surface area contributed by atoms with E-state index in [-0.39, 0.29) is 5.82 Å². The maximum Gasteiger partial charge on any atom is 0.123 e. The van der Waals surface area contributed by atoms with Crippen molar-refractivity contribution < 1.29 is 13.9 Å². The summed E-state index contributed by atoms with van der Waals surface area (Å²) in [7, 11) is 1.65. The van der Waals surface area contributed by atoms with E-state index in [1.807, 2.05) is 12.1 Å². The van der Waals surface area contributed by atoms with Crippen LogP contribution < -0.4 is 15.2 Å². The molecule has 0 aromatic heterocycles. The van der Waals surface area contributed by atoms with Crippen LogP contribution in [0.4, 0.5) is 4.39 Å². The van der Waals surface area contributed by atoms with Crippen LogP contribution in [-0.4, -0.2) is 20.3 Å². The molecule has 0 bridgehead atoms. The van der Waals surface area contributed by atoms with Crippen LogP contribution in [0.25, 0.3) is 0 Å². The standard InChI is InChI=1S/C18H22FNO2/c1-21-17-8-4-14(5-9-17)15(13-20)3-2-12-22-18-10-6-16(19)7-11-18/h4-11,15H,2-3,12-13,20H2,1H3. The van der Waals surface area contributed by atoms with E-state index in [0.29, 0.717) is 24.8 Å². The summed E-state index contributed by atoms with van der Waals surface area (Å²) < 4.78 is 23.6. The van der Waals surface area contributed by atoms with Gasteiger partial charge in [-0.2, -0.15) is 0 Å². The van der Waals surface area contributed by atoms with E-state index in [2.05, 4.69) is 12.1 Å². The zero-order valence-corrected chi connectivity index (χ0v) is 12.8. The van der Waals surface area contributed by atoms with Gasteiger partial charge in [0, 0.05) is 0 Å². The smallest absolute Gasteiger partial charge is 0.123 e. The van der Waals surface area contributed by atoms with E-state index in [0.717, 1.165) is 18.6 Å². The lowest BCUT2D eigenvalue weighted by Gasteiger charge is -2.16. The van der Waals surface area contributed by atoms with Gasteiger partial charge < -0.3 is 15.2 Å². The monoisotopic (exact) mass is 303 g/mol. The first kappa shape index (κ1) is 16.3. The van der Waals surface area contributed by atoms with Crippen molar-refractivity contribution in [2.75, 3.05) is 20.3 Å². The molecule has 0 saturated carbocycles. The first-order valence-electron chi connectivity index (χ1n) is 7.45. The van der Waals surface area contributed by atoms with Crippen LogP contribution in [0.15, 0.2) is 48.5 Å². The lowest BCUT2D eigenvalue weighted by molar-refractivity contribution is 0.301. The first-order valence-corrected chi connectivity index (χ1v) is 7.45. The fraction of sp³-hybridized carbons (Fsp3) is 0.333. The van der Waals surface area contributed by atoms with Gasteiger partial charge >= 0.3 is 0 Å². The van der Waals surface area contributed by atoms with Crippen molar-refractivity contribution in [2.45, 2.75) is 18.8 Å². The highest BCUT2D eigenvalue weighted by atomic mass is 19.1. The molecule has 4 heteroatoms. The molecule has 1 atom stereocenters. The lowest BCUT2D eigenvalue weighted by Crippen LogP contribution is -2.13. The van der Waals surface area contributed by atoms with E-state index in [4.69, 9.17) is 15.2 Å². The zero-order valence-electron chi connectivity index (χ0n) is 12.8. The minimum atomic E-state index is -0.255. The topological polar surface area (TPSA) is 44.5 Å². The highest BCUT2D eigenvalue weighted by Crippen LogP contribution is 2.23. The summed E-state index contributed by atoms with van der Waals surface area (Å²) in [6.45, 7) is 1.20. The number of ether oxygens (including phenoxy) is 2. The Morgan fingerprint density at radius 3 is 2.23 bits per heavy atom. The van der Waals surface area contributed by atoms with Gasteiger partial charge in [-0.15, -0.1) is 0 Å². The van der Waals surface area contributed by atoms with Gasteiger partial charge in [-0.25, -0.2) is 4.39 Å². The largest absolute Gasteiger partial charge is 0.497 e. The van der Waals surface area contributed by atoms with Gasteiger partial charge in [-0.1, -0.05) is 12.1 Å². The van der Waals surface area contributed by atoms with Gasteiger partial charge in [0.1, 0.15) is 17.3 Å². The molecule has 0 aliphatic heterocycles. The van der Waals surface area contributed by atoms with Crippen molar-refractivity contribution in [1.82, 2.24) is 0 Å². The van der Waals surface area contributed by atoms with Crippen molar-refractivity contribution in [2.24, 2.45) is 5.73 Å². The van der Waals surface area contributed by atoms with E-state index in [9.17, 15) is 4.39 Å². The zero-order chi connectivity index (χ0) is 15.8. The molecule has 3 nitrogen and oxygen atoms in total. The molecule has 2 aromatic carbocycles. The Morgan fingerprint density at radius 1 is 1.00 bits per heavy atom. The number of rotatable bonds is 8. The van der Waals surface area contributed by atoms with Crippen LogP contribution in [0.1, 0.15) is 24.3 Å². The van der Waals surface area contributed by atoms with Gasteiger partial charge in [0.15, 0.2) is 0 Å². The Bertz CT molecular complexity index is 554. The summed E-state index contributed by atoms with van der Waals surface area (Å²) in [5, 5.41) is 0. The van der Waals surface area contributed by atoms with E-state index >= 15 is 0 Å². The molecule has 1 unspecified atom stereocenters. The Kier molecular flexibility index (Phi) is 6.22. The number of benzene rings is 2. The van der Waals surface area contributed by atoms with Gasteiger partial charge in [-0.3, -0.25) is 0 Å². The molecule has 0 saturated heterocycles. The second kappa shape index (κ2) is 8.39. The van der Waals surface area contributed by atoms with Crippen molar-refractivity contribution >= 4 is 0 Å². The lowest BCUT2D eigenvalue weighted by atomic mass is 9.94. The summed E-state index contributed by atoms with van der Waals surface area (Å²) in [4.78, 5) is 0. The van der Waals surface area contributed by atoms with Crippen molar-refractivity contribution in [3.8, 4) is 11.5 Å². The van der Waals surface area contributed by atoms with Crippen molar-refractivity contribution in [3.05, 3.63) is 59.9 Å². The highest BCUT2D eigenvalue weighted by molar-refractivity contribution is 5.29. The molecule has 0 spiro atoms. The number of methoxy groups -OCH3 is 1. The first-order chi connectivity index (χ1) is 10.7. The van der Waals surface area contributed by atoms with Gasteiger partial charge in [0.05, 0.1) is 13.7 Å². The normalized spacial score (nSPS) is 12.0. The number of hydrogen-bond acceptors (Lipinski definition) is 3. The molecule has 0 heterocycles. The third-order valence-electron chi connectivity index (χ3n) is 3.65. The third kappa shape index (κ3) is 4.74. The average Bonchev–Trinajstić information content (AvgIpc) is 2.57. The summed E-state index contributed by atoms with van der Waals surface area (Å²) in [6.07, 6.45) is 1.84. The van der Waals surface area contributed by atoms with Gasteiger partial charge in [0.25, 0.3) is 0 Å². The van der Waals surface area contributed by atoms with Crippen molar-refractivity contribution in [3.63, 3.8) is 0 Å². The van der Waals surface area contributed by atoms with Crippen LogP contribution in [-0.2, 0) is 0 Å². The predicted octanol–water partition coefficient (Wildman–Crippen LogP) is 3.74. The Morgan fingerprint density at radius 2 is 1.64 bits per heavy atom. The maximum atomic E-state index is 12.8. The van der Waals surface area contributed by atoms with E-state index < -0.39 is 0 Å². The Hall–Kier alpha value is -2.07. The molecule has 0 amide bonds. The average molecular weight is 303 g/mol. The number of nitrogens with two attached hydrogens (primary N) is 1. The quantitative estimate of drug-likeness (QED) is 0.756. The molecule has 0 aliphatic carbocycles. The van der Waals surface area contributed by atoms with Crippen LogP contribution in [0.2, 0.25) is 0 Å². The van der Waals surface area contributed by atoms with Crippen LogP contribution in [0.5, 0.6) is 11.5 Å². The number of hydrogen-bond donors (Lipinski definition) is 1. The second-order valence-corrected chi connectivity index (χ2v) is 5.15. The minimum absolute atomic E-state index is 0.255. The fourth-order valence-corrected chi connectivity index (χ4v) is 2.35. The SMILES string of the molecule is COc1ccc(C(CN)CCCOc2ccc(F)cc2)cc1. The molecular weight excluding hydrogens is 281 g/mol. The molecule has 0 fully saturated rings. The van der Waals surface area contributed by atoms with E-state index in [1.54, 1.807) is 19.2 Å². The second-order valence-electron chi connectivity index (χ2n) is 5.15. The minimum Gasteiger partial charge on any atom is -0.497 e. The summed E-state index contributed by atoms with van der Waals surface area (Å²) >= 11 is 0. The Labute approximate surface area is 130 Å². The predicted molar refractivity (Wildman–Crippen MR) is 85.9 cm³/mol. The summed E-state index contributed by atoms with van der Waals surface area (Å²) in [5.74, 6) is 1.59. The van der Waals surface area contributed by atoms with Gasteiger partial charge in [0.2, 0.25) is 0 Å². The van der Waals surface area contributed by atoms with E-state index in [1.165, 1.54) is 17.7 Å². The third-order valence-corrected chi connectivity index (χ3v) is 3.65. The highest BCUT2D eigenvalue weighted by Gasteiger charge is 2.09. The Balaban J connectivity index is 1.79. The van der Waals surface area contributed by atoms with Crippen LogP contribution >= 0.6 is 0 Å². The summed E-state index contributed by atoms with van der Waals surface area (Å²) in [6, 6.07) is 14.1. The molecule has 0 aliphatic rings.